The molecule has 1 fully saturated rings. The molecule has 0 aliphatic carbocycles. The summed E-state index contributed by atoms with van der Waals surface area (Å²) in [5.41, 5.74) is 0.930. The molecule has 0 saturated carbocycles. The van der Waals surface area contributed by atoms with Gasteiger partial charge in [0, 0.05) is 6.04 Å². The summed E-state index contributed by atoms with van der Waals surface area (Å²) in [6.45, 7) is 4.46. The number of carbonyl (C=O) groups is 1. The Hall–Kier alpha value is -1.42. The Morgan fingerprint density at radius 3 is 2.67 bits per heavy atom. The Bertz CT molecular complexity index is 416. The van der Waals surface area contributed by atoms with E-state index in [0.717, 1.165) is 18.5 Å². The van der Waals surface area contributed by atoms with Crippen molar-refractivity contribution in [2.45, 2.75) is 32.4 Å². The molecule has 18 heavy (non-hydrogen) atoms. The third kappa shape index (κ3) is 2.88. The zero-order valence-corrected chi connectivity index (χ0v) is 10.7. The molecule has 0 unspecified atom stereocenters. The van der Waals surface area contributed by atoms with Crippen LogP contribution in [0.1, 0.15) is 31.9 Å². The normalized spacial score (nSPS) is 23.3. The molecule has 0 bridgehead atoms. The summed E-state index contributed by atoms with van der Waals surface area (Å²) in [5.74, 6) is -0.625. The molecule has 1 heterocycles. The Morgan fingerprint density at radius 1 is 1.39 bits per heavy atom. The third-order valence-corrected chi connectivity index (χ3v) is 3.11. The summed E-state index contributed by atoms with van der Waals surface area (Å²) < 4.78 is 18.1. The van der Waals surface area contributed by atoms with E-state index in [4.69, 9.17) is 4.74 Å². The van der Waals surface area contributed by atoms with Crippen molar-refractivity contribution < 1.29 is 13.9 Å². The first-order valence-electron chi connectivity index (χ1n) is 6.27. The first-order valence-corrected chi connectivity index (χ1v) is 6.27. The van der Waals surface area contributed by atoms with E-state index in [1.807, 2.05) is 13.8 Å². The van der Waals surface area contributed by atoms with Gasteiger partial charge in [0.05, 0.1) is 12.0 Å². The molecule has 3 nitrogen and oxygen atoms in total. The molecular weight excluding hydrogens is 233 g/mol. The molecule has 1 aliphatic rings. The van der Waals surface area contributed by atoms with Crippen LogP contribution in [0.15, 0.2) is 24.3 Å². The maximum Gasteiger partial charge on any atom is 0.311 e. The number of nitrogens with one attached hydrogen (secondary N) is 1. The number of rotatable bonds is 3. The monoisotopic (exact) mass is 251 g/mol. The number of hydrogen-bond donors (Lipinski definition) is 1. The van der Waals surface area contributed by atoms with E-state index in [1.54, 1.807) is 12.1 Å². The highest BCUT2D eigenvalue weighted by atomic mass is 19.1. The van der Waals surface area contributed by atoms with Gasteiger partial charge in [0.2, 0.25) is 0 Å². The predicted molar refractivity (Wildman–Crippen MR) is 66.5 cm³/mol. The Morgan fingerprint density at radius 2 is 2.06 bits per heavy atom. The quantitative estimate of drug-likeness (QED) is 0.838. The van der Waals surface area contributed by atoms with E-state index < -0.39 is 0 Å². The Kier molecular flexibility index (Phi) is 3.97. The van der Waals surface area contributed by atoms with Crippen LogP contribution in [0.5, 0.6) is 0 Å². The lowest BCUT2D eigenvalue weighted by atomic mass is 9.94. The fourth-order valence-corrected chi connectivity index (χ4v) is 2.30. The topological polar surface area (TPSA) is 38.3 Å². The lowest BCUT2D eigenvalue weighted by molar-refractivity contribution is -0.152. The van der Waals surface area contributed by atoms with E-state index in [0.29, 0.717) is 0 Å². The molecule has 1 saturated heterocycles. The zero-order valence-electron chi connectivity index (χ0n) is 10.7. The molecule has 0 radical (unpaired) electrons. The molecule has 0 amide bonds. The van der Waals surface area contributed by atoms with Gasteiger partial charge in [0.25, 0.3) is 0 Å². The van der Waals surface area contributed by atoms with Crippen molar-refractivity contribution in [2.75, 3.05) is 6.54 Å². The van der Waals surface area contributed by atoms with E-state index >= 15 is 0 Å². The van der Waals surface area contributed by atoms with E-state index in [2.05, 4.69) is 5.32 Å². The van der Waals surface area contributed by atoms with Gasteiger partial charge in [-0.3, -0.25) is 4.79 Å². The largest absolute Gasteiger partial charge is 0.463 e. The molecule has 0 aromatic heterocycles. The molecule has 1 aromatic rings. The van der Waals surface area contributed by atoms with Crippen molar-refractivity contribution in [1.29, 1.82) is 0 Å². The summed E-state index contributed by atoms with van der Waals surface area (Å²) in [5, 5.41) is 3.27. The number of benzene rings is 1. The second-order valence-electron chi connectivity index (χ2n) is 4.86. The number of carbonyl (C=O) groups excluding carboxylic acids is 1. The van der Waals surface area contributed by atoms with Gasteiger partial charge in [-0.2, -0.15) is 0 Å². The first kappa shape index (κ1) is 13.0. The smallest absolute Gasteiger partial charge is 0.311 e. The van der Waals surface area contributed by atoms with Crippen LogP contribution in [0.2, 0.25) is 0 Å². The highest BCUT2D eigenvalue weighted by Crippen LogP contribution is 2.30. The number of esters is 1. The van der Waals surface area contributed by atoms with Crippen molar-refractivity contribution in [3.05, 3.63) is 35.6 Å². The van der Waals surface area contributed by atoms with Gasteiger partial charge in [-0.25, -0.2) is 4.39 Å². The lowest BCUT2D eigenvalue weighted by Crippen LogP contribution is -2.27. The number of halogens is 1. The van der Waals surface area contributed by atoms with Gasteiger partial charge in [-0.15, -0.1) is 0 Å². The molecule has 1 aliphatic heterocycles. The van der Waals surface area contributed by atoms with Crippen LogP contribution < -0.4 is 5.32 Å². The summed E-state index contributed by atoms with van der Waals surface area (Å²) in [4.78, 5) is 12.0. The van der Waals surface area contributed by atoms with E-state index in [1.165, 1.54) is 12.1 Å². The predicted octanol–water partition coefficient (Wildman–Crippen LogP) is 2.43. The van der Waals surface area contributed by atoms with E-state index in [9.17, 15) is 9.18 Å². The van der Waals surface area contributed by atoms with Crippen molar-refractivity contribution in [3.8, 4) is 0 Å². The highest BCUT2D eigenvalue weighted by molar-refractivity contribution is 5.74. The van der Waals surface area contributed by atoms with Crippen LogP contribution in [0.3, 0.4) is 0 Å². The van der Waals surface area contributed by atoms with Crippen molar-refractivity contribution in [3.63, 3.8) is 0 Å². The minimum Gasteiger partial charge on any atom is -0.463 e. The van der Waals surface area contributed by atoms with Crippen LogP contribution in [0.25, 0.3) is 0 Å². The molecule has 1 aromatic carbocycles. The van der Waals surface area contributed by atoms with Gasteiger partial charge >= 0.3 is 5.97 Å². The minimum absolute atomic E-state index is 0.0724. The van der Waals surface area contributed by atoms with Crippen LogP contribution in [-0.4, -0.2) is 18.6 Å². The van der Waals surface area contributed by atoms with Crippen LogP contribution in [0.4, 0.5) is 4.39 Å². The average molecular weight is 251 g/mol. The molecule has 98 valence electrons. The second-order valence-corrected chi connectivity index (χ2v) is 4.86. The Balaban J connectivity index is 2.12. The maximum atomic E-state index is 12.9. The number of hydrogen-bond acceptors (Lipinski definition) is 3. The van der Waals surface area contributed by atoms with Crippen molar-refractivity contribution in [2.24, 2.45) is 5.92 Å². The van der Waals surface area contributed by atoms with E-state index in [-0.39, 0.29) is 29.9 Å². The minimum atomic E-state index is -0.266. The summed E-state index contributed by atoms with van der Waals surface area (Å²) >= 11 is 0. The van der Waals surface area contributed by atoms with Gasteiger partial charge in [-0.1, -0.05) is 12.1 Å². The van der Waals surface area contributed by atoms with Crippen molar-refractivity contribution >= 4 is 5.97 Å². The Labute approximate surface area is 106 Å². The fourth-order valence-electron chi connectivity index (χ4n) is 2.30. The molecule has 1 N–H and O–H groups in total. The molecule has 0 spiro atoms. The maximum absolute atomic E-state index is 12.9. The van der Waals surface area contributed by atoms with Crippen LogP contribution in [0, 0.1) is 11.7 Å². The lowest BCUT2D eigenvalue weighted by Gasteiger charge is -2.20. The highest BCUT2D eigenvalue weighted by Gasteiger charge is 2.35. The fraction of sp³-hybridized carbons (Fsp3) is 0.500. The van der Waals surface area contributed by atoms with Gasteiger partial charge in [0.1, 0.15) is 5.82 Å². The van der Waals surface area contributed by atoms with Gasteiger partial charge in [-0.05, 0) is 44.5 Å². The molecule has 2 rings (SSSR count). The van der Waals surface area contributed by atoms with Crippen LogP contribution >= 0.6 is 0 Å². The van der Waals surface area contributed by atoms with Crippen molar-refractivity contribution in [1.82, 2.24) is 5.32 Å². The summed E-state index contributed by atoms with van der Waals surface area (Å²) in [7, 11) is 0. The first-order chi connectivity index (χ1) is 8.58. The summed E-state index contributed by atoms with van der Waals surface area (Å²) in [6, 6.07) is 6.19. The molecule has 4 heteroatoms. The number of ether oxygens (including phenoxy) is 1. The van der Waals surface area contributed by atoms with Crippen LogP contribution in [-0.2, 0) is 9.53 Å². The average Bonchev–Trinajstić information content (AvgIpc) is 2.78. The molecular formula is C14H18FNO2. The molecule has 2 atom stereocenters. The zero-order chi connectivity index (χ0) is 13.1. The van der Waals surface area contributed by atoms with Gasteiger partial charge in [0.15, 0.2) is 0 Å². The summed E-state index contributed by atoms with van der Waals surface area (Å²) in [6.07, 6.45) is 0.653. The second kappa shape index (κ2) is 5.48. The standard InChI is InChI=1S/C14H18FNO2/c1-9(2)18-14(17)12-7-8-16-13(12)10-3-5-11(15)6-4-10/h3-6,9,12-13,16H,7-8H2,1-2H3/t12-,13+/m1/s1. The SMILES string of the molecule is CC(C)OC(=O)[C@@H]1CCN[C@H]1c1ccc(F)cc1. The van der Waals surface area contributed by atoms with Gasteiger partial charge < -0.3 is 10.1 Å². The third-order valence-electron chi connectivity index (χ3n) is 3.11.